The molecule has 1 fully saturated rings. The quantitative estimate of drug-likeness (QED) is 0.808. The Hall–Kier alpha value is -3.09. The summed E-state index contributed by atoms with van der Waals surface area (Å²) in [7, 11) is 0. The zero-order valence-corrected chi connectivity index (χ0v) is 15.6. The number of amides is 3. The van der Waals surface area contributed by atoms with E-state index in [0.717, 1.165) is 29.9 Å². The summed E-state index contributed by atoms with van der Waals surface area (Å²) < 4.78 is 1.99. The minimum absolute atomic E-state index is 0.0193. The van der Waals surface area contributed by atoms with Crippen LogP contribution in [0.15, 0.2) is 36.4 Å². The maximum atomic E-state index is 12.5. The Bertz CT molecular complexity index is 858. The third-order valence-electron chi connectivity index (χ3n) is 4.76. The second-order valence-corrected chi connectivity index (χ2v) is 6.73. The van der Waals surface area contributed by atoms with E-state index in [-0.39, 0.29) is 18.4 Å². The predicted molar refractivity (Wildman–Crippen MR) is 101 cm³/mol. The van der Waals surface area contributed by atoms with Crippen molar-refractivity contribution < 1.29 is 14.4 Å². The summed E-state index contributed by atoms with van der Waals surface area (Å²) in [6.07, 6.45) is 2.24. The van der Waals surface area contributed by atoms with Crippen LogP contribution in [-0.2, 0) is 9.59 Å². The Kier molecular flexibility index (Phi) is 5.59. The number of aromatic nitrogens is 1. The molecule has 142 valence electrons. The molecule has 1 aromatic heterocycles. The maximum Gasteiger partial charge on any atom is 0.271 e. The monoisotopic (exact) mass is 368 g/mol. The first-order chi connectivity index (χ1) is 13.0. The van der Waals surface area contributed by atoms with Crippen molar-refractivity contribution in [2.75, 3.05) is 13.1 Å². The van der Waals surface area contributed by atoms with Crippen molar-refractivity contribution in [1.29, 1.82) is 0 Å². The minimum atomic E-state index is -0.407. The molecule has 1 saturated heterocycles. The van der Waals surface area contributed by atoms with Crippen LogP contribution in [0.4, 0.5) is 0 Å². The van der Waals surface area contributed by atoms with Crippen LogP contribution < -0.4 is 10.9 Å². The van der Waals surface area contributed by atoms with Gasteiger partial charge in [-0.15, -0.1) is 0 Å². The molecule has 7 nitrogen and oxygen atoms in total. The highest BCUT2D eigenvalue weighted by Gasteiger charge is 2.21. The standard InChI is InChI=1S/C20H24N4O3/c1-14-12-17(15(2)24(14)16-8-4-3-5-9-16)20(27)22-21-18(25)13-23-11-7-6-10-19(23)26/h3-5,8-9,12H,6-7,10-11,13H2,1-2H3,(H,21,25)(H,22,27). The minimum Gasteiger partial charge on any atom is -0.333 e. The van der Waals surface area contributed by atoms with E-state index in [4.69, 9.17) is 0 Å². The number of rotatable bonds is 4. The summed E-state index contributed by atoms with van der Waals surface area (Å²) in [6, 6.07) is 11.6. The Balaban J connectivity index is 1.63. The molecule has 0 unspecified atom stereocenters. The lowest BCUT2D eigenvalue weighted by atomic mass is 10.1. The number of benzene rings is 1. The molecular weight excluding hydrogens is 344 g/mol. The van der Waals surface area contributed by atoms with E-state index in [1.807, 2.05) is 48.7 Å². The van der Waals surface area contributed by atoms with Crippen LogP contribution in [0.3, 0.4) is 0 Å². The molecule has 3 rings (SSSR count). The van der Waals surface area contributed by atoms with Gasteiger partial charge < -0.3 is 9.47 Å². The number of para-hydroxylation sites is 1. The predicted octanol–water partition coefficient (Wildman–Crippen LogP) is 1.87. The van der Waals surface area contributed by atoms with E-state index in [9.17, 15) is 14.4 Å². The summed E-state index contributed by atoms with van der Waals surface area (Å²) in [5, 5.41) is 0. The van der Waals surface area contributed by atoms with Crippen molar-refractivity contribution in [3.8, 4) is 5.69 Å². The molecule has 27 heavy (non-hydrogen) atoms. The number of nitrogens with zero attached hydrogens (tertiary/aromatic N) is 2. The van der Waals surface area contributed by atoms with Gasteiger partial charge in [-0.05, 0) is 44.9 Å². The number of hydrogen-bond donors (Lipinski definition) is 2. The average molecular weight is 368 g/mol. The zero-order valence-electron chi connectivity index (χ0n) is 15.6. The van der Waals surface area contributed by atoms with Crippen LogP contribution in [0.5, 0.6) is 0 Å². The van der Waals surface area contributed by atoms with Gasteiger partial charge in [0, 0.05) is 30.0 Å². The Morgan fingerprint density at radius 2 is 1.81 bits per heavy atom. The van der Waals surface area contributed by atoms with Gasteiger partial charge in [-0.1, -0.05) is 18.2 Å². The molecule has 0 bridgehead atoms. The third-order valence-corrected chi connectivity index (χ3v) is 4.76. The van der Waals surface area contributed by atoms with Gasteiger partial charge in [-0.25, -0.2) is 0 Å². The number of carbonyl (C=O) groups excluding carboxylic acids is 3. The van der Waals surface area contributed by atoms with Gasteiger partial charge in [0.05, 0.1) is 5.56 Å². The molecular formula is C20H24N4O3. The normalized spacial score (nSPS) is 14.1. The van der Waals surface area contributed by atoms with Crippen molar-refractivity contribution in [3.63, 3.8) is 0 Å². The molecule has 1 aromatic carbocycles. The first kappa shape index (κ1) is 18.7. The Morgan fingerprint density at radius 3 is 2.52 bits per heavy atom. The lowest BCUT2D eigenvalue weighted by Crippen LogP contribution is -2.48. The summed E-state index contributed by atoms with van der Waals surface area (Å²) in [6.45, 7) is 4.33. The van der Waals surface area contributed by atoms with Gasteiger partial charge >= 0.3 is 0 Å². The molecule has 0 atom stereocenters. The molecule has 2 heterocycles. The first-order valence-electron chi connectivity index (χ1n) is 9.08. The summed E-state index contributed by atoms with van der Waals surface area (Å²) >= 11 is 0. The second kappa shape index (κ2) is 8.07. The number of likely N-dealkylation sites (tertiary alicyclic amines) is 1. The third kappa shape index (κ3) is 4.19. The van der Waals surface area contributed by atoms with Gasteiger partial charge in [-0.3, -0.25) is 25.2 Å². The van der Waals surface area contributed by atoms with Gasteiger partial charge in [0.2, 0.25) is 5.91 Å². The number of nitrogens with one attached hydrogen (secondary N) is 2. The maximum absolute atomic E-state index is 12.5. The molecule has 0 aliphatic carbocycles. The Labute approximate surface area is 158 Å². The van der Waals surface area contributed by atoms with E-state index in [0.29, 0.717) is 18.5 Å². The topological polar surface area (TPSA) is 83.4 Å². The highest BCUT2D eigenvalue weighted by Crippen LogP contribution is 2.20. The molecule has 0 spiro atoms. The fourth-order valence-corrected chi connectivity index (χ4v) is 3.40. The SMILES string of the molecule is Cc1cc(C(=O)NNC(=O)CN2CCCCC2=O)c(C)n1-c1ccccc1. The fourth-order valence-electron chi connectivity index (χ4n) is 3.40. The summed E-state index contributed by atoms with van der Waals surface area (Å²) in [5.74, 6) is -0.812. The zero-order chi connectivity index (χ0) is 19.4. The highest BCUT2D eigenvalue weighted by molar-refractivity contribution is 5.97. The number of piperidine rings is 1. The molecule has 0 radical (unpaired) electrons. The van der Waals surface area contributed by atoms with E-state index in [1.165, 1.54) is 4.90 Å². The molecule has 1 aliphatic heterocycles. The van der Waals surface area contributed by atoms with Gasteiger partial charge in [0.15, 0.2) is 0 Å². The lowest BCUT2D eigenvalue weighted by Gasteiger charge is -2.25. The summed E-state index contributed by atoms with van der Waals surface area (Å²) in [4.78, 5) is 37.8. The van der Waals surface area contributed by atoms with Gasteiger partial charge in [-0.2, -0.15) is 0 Å². The largest absolute Gasteiger partial charge is 0.333 e. The fraction of sp³-hybridized carbons (Fsp3) is 0.350. The van der Waals surface area contributed by atoms with Crippen LogP contribution >= 0.6 is 0 Å². The van der Waals surface area contributed by atoms with Crippen LogP contribution in [0, 0.1) is 13.8 Å². The average Bonchev–Trinajstić information content (AvgIpc) is 2.96. The van der Waals surface area contributed by atoms with Gasteiger partial charge in [0.1, 0.15) is 6.54 Å². The van der Waals surface area contributed by atoms with Crippen LogP contribution in [-0.4, -0.2) is 40.3 Å². The van der Waals surface area contributed by atoms with Crippen molar-refractivity contribution >= 4 is 17.7 Å². The van der Waals surface area contributed by atoms with E-state index >= 15 is 0 Å². The number of carbonyl (C=O) groups is 3. The van der Waals surface area contributed by atoms with Crippen molar-refractivity contribution in [3.05, 3.63) is 53.3 Å². The van der Waals surface area contributed by atoms with Crippen LogP contribution in [0.1, 0.15) is 41.0 Å². The number of aryl methyl sites for hydroxylation is 1. The van der Waals surface area contributed by atoms with Crippen molar-refractivity contribution in [2.45, 2.75) is 33.1 Å². The van der Waals surface area contributed by atoms with Gasteiger partial charge in [0.25, 0.3) is 11.8 Å². The van der Waals surface area contributed by atoms with E-state index < -0.39 is 5.91 Å². The van der Waals surface area contributed by atoms with Crippen LogP contribution in [0.25, 0.3) is 5.69 Å². The van der Waals surface area contributed by atoms with Crippen molar-refractivity contribution in [2.24, 2.45) is 0 Å². The van der Waals surface area contributed by atoms with E-state index in [1.54, 1.807) is 6.07 Å². The number of hydrazine groups is 1. The molecule has 1 aliphatic rings. The Morgan fingerprint density at radius 1 is 1.07 bits per heavy atom. The highest BCUT2D eigenvalue weighted by atomic mass is 16.2. The molecule has 7 heteroatoms. The molecule has 3 amide bonds. The van der Waals surface area contributed by atoms with Crippen molar-refractivity contribution in [1.82, 2.24) is 20.3 Å². The number of hydrogen-bond acceptors (Lipinski definition) is 3. The molecule has 2 N–H and O–H groups in total. The smallest absolute Gasteiger partial charge is 0.271 e. The second-order valence-electron chi connectivity index (χ2n) is 6.73. The molecule has 0 saturated carbocycles. The summed E-state index contributed by atoms with van der Waals surface area (Å²) in [5.41, 5.74) is 8.03. The van der Waals surface area contributed by atoms with E-state index in [2.05, 4.69) is 10.9 Å². The molecule has 2 aromatic rings. The first-order valence-corrected chi connectivity index (χ1v) is 9.08. The van der Waals surface area contributed by atoms with Crippen LogP contribution in [0.2, 0.25) is 0 Å². The lowest BCUT2D eigenvalue weighted by molar-refractivity contribution is -0.138.